The second-order valence-electron chi connectivity index (χ2n) is 4.91. The summed E-state index contributed by atoms with van der Waals surface area (Å²) in [6.07, 6.45) is 1.51. The van der Waals surface area contributed by atoms with Crippen LogP contribution < -0.4 is 5.32 Å². The van der Waals surface area contributed by atoms with E-state index in [-0.39, 0.29) is 5.91 Å². The minimum absolute atomic E-state index is 0.125. The third-order valence-electron chi connectivity index (χ3n) is 3.37. The number of rotatable bonds is 3. The molecule has 2 heterocycles. The number of anilines is 1. The number of carbonyl (C=O) groups excluding carboxylic acids is 1. The molecule has 2 aromatic heterocycles. The van der Waals surface area contributed by atoms with Gasteiger partial charge in [0.25, 0.3) is 5.91 Å². The number of benzene rings is 2. The molecule has 0 spiro atoms. The molecule has 6 nitrogen and oxygen atoms in total. The van der Waals surface area contributed by atoms with Gasteiger partial charge >= 0.3 is 0 Å². The van der Waals surface area contributed by atoms with E-state index in [9.17, 15) is 4.79 Å². The normalized spacial score (nSPS) is 10.8. The van der Waals surface area contributed by atoms with E-state index in [0.29, 0.717) is 10.6 Å². The van der Waals surface area contributed by atoms with Crippen molar-refractivity contribution in [3.05, 3.63) is 65.8 Å². The minimum atomic E-state index is -0.125. The maximum Gasteiger partial charge on any atom is 0.265 e. The van der Waals surface area contributed by atoms with Crippen LogP contribution in [0.2, 0.25) is 0 Å². The van der Waals surface area contributed by atoms with Crippen molar-refractivity contribution >= 4 is 33.0 Å². The lowest BCUT2D eigenvalue weighted by Gasteiger charge is -2.05. The van der Waals surface area contributed by atoms with E-state index in [1.54, 1.807) is 0 Å². The summed E-state index contributed by atoms with van der Waals surface area (Å²) < 4.78 is 2.63. The summed E-state index contributed by atoms with van der Waals surface area (Å²) in [7, 11) is 0. The SMILES string of the molecule is O=C(Nc1cccc(-n2cnnn2)c1)c1cc2ccccc2s1. The van der Waals surface area contributed by atoms with Gasteiger partial charge in [-0.25, -0.2) is 4.68 Å². The Morgan fingerprint density at radius 1 is 1.09 bits per heavy atom. The van der Waals surface area contributed by atoms with Crippen LogP contribution in [0.1, 0.15) is 9.67 Å². The Morgan fingerprint density at radius 3 is 2.83 bits per heavy atom. The summed E-state index contributed by atoms with van der Waals surface area (Å²) in [6.45, 7) is 0. The smallest absolute Gasteiger partial charge is 0.265 e. The molecule has 23 heavy (non-hydrogen) atoms. The Morgan fingerprint density at radius 2 is 2.00 bits per heavy atom. The van der Waals surface area contributed by atoms with Crippen LogP contribution in [0, 0.1) is 0 Å². The molecule has 112 valence electrons. The van der Waals surface area contributed by atoms with Crippen molar-refractivity contribution in [1.82, 2.24) is 20.2 Å². The largest absolute Gasteiger partial charge is 0.321 e. The van der Waals surface area contributed by atoms with Gasteiger partial charge < -0.3 is 5.32 Å². The minimum Gasteiger partial charge on any atom is -0.321 e. The molecule has 0 radical (unpaired) electrons. The molecule has 1 amide bonds. The molecule has 1 N–H and O–H groups in total. The molecule has 4 rings (SSSR count). The second-order valence-corrected chi connectivity index (χ2v) is 5.99. The zero-order chi connectivity index (χ0) is 15.6. The van der Waals surface area contributed by atoms with E-state index in [0.717, 1.165) is 15.8 Å². The maximum atomic E-state index is 12.4. The first-order chi connectivity index (χ1) is 11.3. The van der Waals surface area contributed by atoms with Gasteiger partial charge in [-0.2, -0.15) is 0 Å². The summed E-state index contributed by atoms with van der Waals surface area (Å²) in [4.78, 5) is 13.1. The zero-order valence-electron chi connectivity index (χ0n) is 11.9. The summed E-state index contributed by atoms with van der Waals surface area (Å²) in [5.74, 6) is -0.125. The van der Waals surface area contributed by atoms with E-state index < -0.39 is 0 Å². The van der Waals surface area contributed by atoms with Crippen LogP contribution in [0.3, 0.4) is 0 Å². The monoisotopic (exact) mass is 321 g/mol. The van der Waals surface area contributed by atoms with Gasteiger partial charge in [-0.05, 0) is 46.1 Å². The number of amides is 1. The highest BCUT2D eigenvalue weighted by molar-refractivity contribution is 7.20. The lowest BCUT2D eigenvalue weighted by Crippen LogP contribution is -2.10. The molecule has 7 heteroatoms. The second kappa shape index (κ2) is 5.62. The molecule has 0 atom stereocenters. The number of tetrazole rings is 1. The Labute approximate surface area is 135 Å². The Kier molecular flexibility index (Phi) is 3.32. The van der Waals surface area contributed by atoms with Crippen molar-refractivity contribution in [2.75, 3.05) is 5.32 Å². The van der Waals surface area contributed by atoms with Crippen LogP contribution in [-0.2, 0) is 0 Å². The molecule has 0 aliphatic rings. The van der Waals surface area contributed by atoms with Gasteiger partial charge in [-0.3, -0.25) is 4.79 Å². The van der Waals surface area contributed by atoms with E-state index >= 15 is 0 Å². The van der Waals surface area contributed by atoms with Crippen LogP contribution in [0.15, 0.2) is 60.9 Å². The van der Waals surface area contributed by atoms with Crippen LogP contribution >= 0.6 is 11.3 Å². The lowest BCUT2D eigenvalue weighted by molar-refractivity contribution is 0.103. The van der Waals surface area contributed by atoms with Crippen molar-refractivity contribution in [3.63, 3.8) is 0 Å². The average molecular weight is 321 g/mol. The molecule has 0 saturated carbocycles. The summed E-state index contributed by atoms with van der Waals surface area (Å²) in [5.41, 5.74) is 1.48. The van der Waals surface area contributed by atoms with Crippen LogP contribution in [-0.4, -0.2) is 26.1 Å². The Balaban J connectivity index is 1.60. The van der Waals surface area contributed by atoms with E-state index in [1.165, 1.54) is 22.3 Å². The third-order valence-corrected chi connectivity index (χ3v) is 4.48. The number of aromatic nitrogens is 4. The quantitative estimate of drug-likeness (QED) is 0.629. The van der Waals surface area contributed by atoms with Crippen LogP contribution in [0.5, 0.6) is 0 Å². The maximum absolute atomic E-state index is 12.4. The molecule has 0 bridgehead atoms. The molecule has 0 aliphatic carbocycles. The van der Waals surface area contributed by atoms with Crippen molar-refractivity contribution < 1.29 is 4.79 Å². The number of fused-ring (bicyclic) bond motifs is 1. The standard InChI is InChI=1S/C16H11N5OS/c22-16(15-8-11-4-1-2-7-14(11)23-15)18-12-5-3-6-13(9-12)21-10-17-19-20-21/h1-10H,(H,18,22). The molecule has 2 aromatic carbocycles. The highest BCUT2D eigenvalue weighted by Crippen LogP contribution is 2.26. The first-order valence-corrected chi connectivity index (χ1v) is 7.74. The number of hydrogen-bond donors (Lipinski definition) is 1. The first kappa shape index (κ1) is 13.6. The van der Waals surface area contributed by atoms with Gasteiger partial charge in [0, 0.05) is 10.4 Å². The summed E-state index contributed by atoms with van der Waals surface area (Å²) in [6, 6.07) is 17.2. The van der Waals surface area contributed by atoms with Gasteiger partial charge in [0.1, 0.15) is 6.33 Å². The zero-order valence-corrected chi connectivity index (χ0v) is 12.7. The molecule has 0 unspecified atom stereocenters. The van der Waals surface area contributed by atoms with Gasteiger partial charge in [0.15, 0.2) is 0 Å². The van der Waals surface area contributed by atoms with Gasteiger partial charge in [-0.15, -0.1) is 16.4 Å². The molecule has 0 aliphatic heterocycles. The number of hydrogen-bond acceptors (Lipinski definition) is 5. The molecular weight excluding hydrogens is 310 g/mol. The number of nitrogens with zero attached hydrogens (tertiary/aromatic N) is 4. The predicted molar refractivity (Wildman–Crippen MR) is 88.9 cm³/mol. The van der Waals surface area contributed by atoms with E-state index in [1.807, 2.05) is 54.6 Å². The van der Waals surface area contributed by atoms with Gasteiger partial charge in [0.05, 0.1) is 10.6 Å². The van der Waals surface area contributed by atoms with Crippen molar-refractivity contribution in [2.45, 2.75) is 0 Å². The fraction of sp³-hybridized carbons (Fsp3) is 0. The fourth-order valence-electron chi connectivity index (χ4n) is 2.29. The van der Waals surface area contributed by atoms with Crippen molar-refractivity contribution in [3.8, 4) is 5.69 Å². The molecular formula is C16H11N5OS. The Hall–Kier alpha value is -3.06. The Bertz CT molecular complexity index is 944. The highest BCUT2D eigenvalue weighted by Gasteiger charge is 2.11. The average Bonchev–Trinajstić information content (AvgIpc) is 3.24. The lowest BCUT2D eigenvalue weighted by atomic mass is 10.2. The van der Waals surface area contributed by atoms with E-state index in [2.05, 4.69) is 20.8 Å². The predicted octanol–water partition coefficient (Wildman–Crippen LogP) is 3.13. The number of thiophene rings is 1. The van der Waals surface area contributed by atoms with Crippen molar-refractivity contribution in [2.24, 2.45) is 0 Å². The van der Waals surface area contributed by atoms with Crippen LogP contribution in [0.4, 0.5) is 5.69 Å². The number of carbonyl (C=O) groups is 1. The number of nitrogens with one attached hydrogen (secondary N) is 1. The van der Waals surface area contributed by atoms with E-state index in [4.69, 9.17) is 0 Å². The topological polar surface area (TPSA) is 72.7 Å². The molecule has 0 saturated heterocycles. The third kappa shape index (κ3) is 2.69. The summed E-state index contributed by atoms with van der Waals surface area (Å²) in [5, 5.41) is 15.0. The van der Waals surface area contributed by atoms with Crippen molar-refractivity contribution in [1.29, 1.82) is 0 Å². The van der Waals surface area contributed by atoms with Crippen LogP contribution in [0.25, 0.3) is 15.8 Å². The highest BCUT2D eigenvalue weighted by atomic mass is 32.1. The molecule has 4 aromatic rings. The van der Waals surface area contributed by atoms with Gasteiger partial charge in [0.2, 0.25) is 0 Å². The van der Waals surface area contributed by atoms with Gasteiger partial charge in [-0.1, -0.05) is 24.3 Å². The first-order valence-electron chi connectivity index (χ1n) is 6.93. The fourth-order valence-corrected chi connectivity index (χ4v) is 3.25. The molecule has 0 fully saturated rings. The summed E-state index contributed by atoms with van der Waals surface area (Å²) >= 11 is 1.48.